The van der Waals surface area contributed by atoms with Crippen LogP contribution in [0.15, 0.2) is 67.0 Å². The number of nitrogens with one attached hydrogen (secondary N) is 1. The molecule has 0 saturated heterocycles. The molecule has 4 aromatic rings. The van der Waals surface area contributed by atoms with Crippen LogP contribution in [0.4, 0.5) is 11.4 Å². The van der Waals surface area contributed by atoms with Gasteiger partial charge in [0.15, 0.2) is 0 Å². The number of carbonyl (C=O) groups is 1. The number of pyridine rings is 1. The Labute approximate surface area is 170 Å². The van der Waals surface area contributed by atoms with Crippen LogP contribution in [-0.4, -0.2) is 20.2 Å². The lowest BCUT2D eigenvalue weighted by atomic mass is 10.1. The molecule has 8 heteroatoms. The van der Waals surface area contributed by atoms with Gasteiger partial charge in [-0.25, -0.2) is 4.98 Å². The van der Waals surface area contributed by atoms with Crippen LogP contribution in [0.3, 0.4) is 0 Å². The fraction of sp³-hybridized carbons (Fsp3) is 0.0476. The molecule has 7 nitrogen and oxygen atoms in total. The van der Waals surface area contributed by atoms with E-state index in [-0.39, 0.29) is 16.3 Å². The molecule has 0 fully saturated rings. The number of benzene rings is 2. The molecule has 4 rings (SSSR count). The van der Waals surface area contributed by atoms with Crippen molar-refractivity contribution in [2.45, 2.75) is 6.92 Å². The smallest absolute Gasteiger partial charge is 0.270 e. The number of rotatable bonds is 4. The molecule has 0 atom stereocenters. The van der Waals surface area contributed by atoms with Gasteiger partial charge in [-0.3, -0.25) is 14.9 Å². The van der Waals surface area contributed by atoms with Crippen molar-refractivity contribution in [3.63, 3.8) is 0 Å². The number of hydrogen-bond acceptors (Lipinski definition) is 4. The quantitative estimate of drug-likeness (QED) is 0.376. The van der Waals surface area contributed by atoms with Gasteiger partial charge in [0.25, 0.3) is 11.6 Å². The van der Waals surface area contributed by atoms with E-state index in [1.54, 1.807) is 6.07 Å². The highest BCUT2D eigenvalue weighted by Gasteiger charge is 2.15. The molecule has 0 spiro atoms. The number of aryl methyl sites for hydroxylation is 1. The minimum absolute atomic E-state index is 0.0173. The zero-order chi connectivity index (χ0) is 20.5. The van der Waals surface area contributed by atoms with Crippen LogP contribution in [0.5, 0.6) is 0 Å². The van der Waals surface area contributed by atoms with E-state index in [2.05, 4.69) is 10.3 Å². The van der Waals surface area contributed by atoms with Crippen molar-refractivity contribution in [2.75, 3.05) is 5.32 Å². The molecule has 0 unspecified atom stereocenters. The maximum Gasteiger partial charge on any atom is 0.270 e. The number of hydrogen-bond donors (Lipinski definition) is 1. The average molecular weight is 407 g/mol. The summed E-state index contributed by atoms with van der Waals surface area (Å²) in [5.74, 6) is -0.451. The van der Waals surface area contributed by atoms with Crippen molar-refractivity contribution in [2.24, 2.45) is 0 Å². The Morgan fingerprint density at radius 1 is 1.17 bits per heavy atom. The molecule has 2 aromatic heterocycles. The van der Waals surface area contributed by atoms with E-state index in [9.17, 15) is 14.9 Å². The van der Waals surface area contributed by atoms with E-state index < -0.39 is 10.8 Å². The van der Waals surface area contributed by atoms with E-state index >= 15 is 0 Å². The van der Waals surface area contributed by atoms with Gasteiger partial charge < -0.3 is 9.72 Å². The molecule has 1 amide bonds. The van der Waals surface area contributed by atoms with Gasteiger partial charge in [0, 0.05) is 35.8 Å². The van der Waals surface area contributed by atoms with E-state index in [1.165, 1.54) is 12.1 Å². The standard InChI is InChI=1S/C21H15ClN4O3/c1-13-4-3-9-25-12-19(24-20(13)25)14-5-2-6-15(10-14)23-21(27)17-8-7-16(26(28)29)11-18(17)22/h2-12H,1H3,(H,23,27). The van der Waals surface area contributed by atoms with Crippen LogP contribution in [0.1, 0.15) is 15.9 Å². The van der Waals surface area contributed by atoms with Crippen molar-refractivity contribution in [1.29, 1.82) is 0 Å². The third-order valence-corrected chi connectivity index (χ3v) is 4.81. The van der Waals surface area contributed by atoms with Crippen LogP contribution >= 0.6 is 11.6 Å². The largest absolute Gasteiger partial charge is 0.322 e. The lowest BCUT2D eigenvalue weighted by Gasteiger charge is -2.08. The van der Waals surface area contributed by atoms with Crippen LogP contribution in [0.25, 0.3) is 16.9 Å². The van der Waals surface area contributed by atoms with Crippen LogP contribution in [-0.2, 0) is 0 Å². The molecule has 0 aliphatic rings. The third kappa shape index (κ3) is 3.68. The van der Waals surface area contributed by atoms with Crippen LogP contribution in [0, 0.1) is 17.0 Å². The first-order chi connectivity index (χ1) is 13.9. The molecule has 0 radical (unpaired) electrons. The zero-order valence-corrected chi connectivity index (χ0v) is 16.1. The van der Waals surface area contributed by atoms with Crippen molar-refractivity contribution in [3.8, 4) is 11.3 Å². The fourth-order valence-electron chi connectivity index (χ4n) is 3.05. The maximum atomic E-state index is 12.6. The molecule has 1 N–H and O–H groups in total. The first-order valence-electron chi connectivity index (χ1n) is 8.72. The van der Waals surface area contributed by atoms with Gasteiger partial charge in [-0.2, -0.15) is 0 Å². The summed E-state index contributed by atoms with van der Waals surface area (Å²) in [5.41, 5.74) is 4.12. The predicted molar refractivity (Wildman–Crippen MR) is 111 cm³/mol. The number of carbonyl (C=O) groups excluding carboxylic acids is 1. The molecule has 0 aliphatic heterocycles. The molecule has 144 valence electrons. The van der Waals surface area contributed by atoms with Crippen LogP contribution in [0.2, 0.25) is 5.02 Å². The Bertz CT molecular complexity index is 1270. The van der Waals surface area contributed by atoms with Crippen LogP contribution < -0.4 is 5.32 Å². The second kappa shape index (κ2) is 7.37. The number of nitrogens with zero attached hydrogens (tertiary/aromatic N) is 3. The number of nitro groups is 1. The third-order valence-electron chi connectivity index (χ3n) is 4.50. The predicted octanol–water partition coefficient (Wildman–Crippen LogP) is 5.12. The summed E-state index contributed by atoms with van der Waals surface area (Å²) < 4.78 is 1.95. The van der Waals surface area contributed by atoms with Gasteiger partial charge in [-0.1, -0.05) is 29.8 Å². The van der Waals surface area contributed by atoms with E-state index in [4.69, 9.17) is 11.6 Å². The number of amides is 1. The summed E-state index contributed by atoms with van der Waals surface area (Å²) in [4.78, 5) is 27.5. The van der Waals surface area contributed by atoms with E-state index in [0.29, 0.717) is 5.69 Å². The minimum Gasteiger partial charge on any atom is -0.322 e. The minimum atomic E-state index is -0.562. The van der Waals surface area contributed by atoms with Crippen molar-refractivity contribution >= 4 is 34.5 Å². The van der Waals surface area contributed by atoms with Crippen molar-refractivity contribution in [3.05, 3.63) is 93.3 Å². The first-order valence-corrected chi connectivity index (χ1v) is 9.10. The number of fused-ring (bicyclic) bond motifs is 1. The summed E-state index contributed by atoms with van der Waals surface area (Å²) >= 11 is 6.04. The number of non-ortho nitro benzene ring substituents is 1. The summed E-state index contributed by atoms with van der Waals surface area (Å²) in [5, 5.41) is 13.6. The monoisotopic (exact) mass is 406 g/mol. The molecule has 2 heterocycles. The molecular formula is C21H15ClN4O3. The summed E-state index contributed by atoms with van der Waals surface area (Å²) in [6, 6.07) is 15.0. The van der Waals surface area contributed by atoms with E-state index in [1.807, 2.05) is 54.0 Å². The van der Waals surface area contributed by atoms with E-state index in [0.717, 1.165) is 28.5 Å². The topological polar surface area (TPSA) is 89.5 Å². The lowest BCUT2D eigenvalue weighted by molar-refractivity contribution is -0.384. The number of imidazole rings is 1. The highest BCUT2D eigenvalue weighted by Crippen LogP contribution is 2.26. The summed E-state index contributed by atoms with van der Waals surface area (Å²) in [7, 11) is 0. The molecule has 0 bridgehead atoms. The number of halogens is 1. The maximum absolute atomic E-state index is 12.6. The van der Waals surface area contributed by atoms with Gasteiger partial charge in [-0.15, -0.1) is 0 Å². The second-order valence-electron chi connectivity index (χ2n) is 6.50. The Kier molecular flexibility index (Phi) is 4.74. The first kappa shape index (κ1) is 18.6. The zero-order valence-electron chi connectivity index (χ0n) is 15.3. The highest BCUT2D eigenvalue weighted by molar-refractivity contribution is 6.34. The number of anilines is 1. The number of aromatic nitrogens is 2. The highest BCUT2D eigenvalue weighted by atomic mass is 35.5. The van der Waals surface area contributed by atoms with Gasteiger partial charge in [0.05, 0.1) is 21.2 Å². The lowest BCUT2D eigenvalue weighted by Crippen LogP contribution is -2.12. The normalized spacial score (nSPS) is 10.8. The van der Waals surface area contributed by atoms with Crippen molar-refractivity contribution in [1.82, 2.24) is 9.38 Å². The molecule has 29 heavy (non-hydrogen) atoms. The second-order valence-corrected chi connectivity index (χ2v) is 6.91. The Morgan fingerprint density at radius 3 is 2.72 bits per heavy atom. The average Bonchev–Trinajstić information content (AvgIpc) is 3.14. The van der Waals surface area contributed by atoms with Gasteiger partial charge >= 0.3 is 0 Å². The Morgan fingerprint density at radius 2 is 2.00 bits per heavy atom. The molecule has 0 saturated carbocycles. The van der Waals surface area contributed by atoms with Crippen molar-refractivity contribution < 1.29 is 9.72 Å². The van der Waals surface area contributed by atoms with Gasteiger partial charge in [0.2, 0.25) is 0 Å². The van der Waals surface area contributed by atoms with Gasteiger partial charge in [0.1, 0.15) is 5.65 Å². The van der Waals surface area contributed by atoms with Gasteiger partial charge in [-0.05, 0) is 36.8 Å². The molecule has 0 aliphatic carbocycles. The fourth-order valence-corrected chi connectivity index (χ4v) is 3.31. The summed E-state index contributed by atoms with van der Waals surface area (Å²) in [6.45, 7) is 2.00. The summed E-state index contributed by atoms with van der Waals surface area (Å²) in [6.07, 6.45) is 3.86. The number of nitro benzene ring substituents is 1. The Balaban J connectivity index is 1.61. The SMILES string of the molecule is Cc1cccn2cc(-c3cccc(NC(=O)c4ccc([N+](=O)[O-])cc4Cl)c3)nc12. The molecule has 2 aromatic carbocycles. The Hall–Kier alpha value is -3.71. The molecular weight excluding hydrogens is 392 g/mol.